The maximum atomic E-state index is 3.33. The summed E-state index contributed by atoms with van der Waals surface area (Å²) in [5, 5.41) is 6.46. The van der Waals surface area contributed by atoms with Gasteiger partial charge in [-0.2, -0.15) is 0 Å². The third kappa shape index (κ3) is 2.76. The molecule has 0 aliphatic heterocycles. The molecular weight excluding hydrogens is 196 g/mol. The van der Waals surface area contributed by atoms with Crippen LogP contribution in [0.2, 0.25) is 0 Å². The van der Waals surface area contributed by atoms with E-state index in [1.807, 2.05) is 31.3 Å². The molecule has 1 radical (unpaired) electrons. The number of hydrogen-bond acceptors (Lipinski definition) is 2. The zero-order valence-corrected chi connectivity index (χ0v) is 9.33. The SMILES string of the molecule is CNc1cccc(CNc2[c]cccc2)c1. The molecule has 2 N–H and O–H groups in total. The molecular formula is C14H15N2. The number of nitrogens with one attached hydrogen (secondary N) is 2. The van der Waals surface area contributed by atoms with Crippen molar-refractivity contribution in [3.8, 4) is 0 Å². The number of para-hydroxylation sites is 1. The van der Waals surface area contributed by atoms with Crippen LogP contribution in [0.4, 0.5) is 11.4 Å². The van der Waals surface area contributed by atoms with Crippen molar-refractivity contribution in [1.29, 1.82) is 0 Å². The van der Waals surface area contributed by atoms with Gasteiger partial charge >= 0.3 is 0 Å². The van der Waals surface area contributed by atoms with Crippen LogP contribution in [0.25, 0.3) is 0 Å². The third-order valence-electron chi connectivity index (χ3n) is 2.41. The topological polar surface area (TPSA) is 24.1 Å². The van der Waals surface area contributed by atoms with Crippen molar-refractivity contribution in [3.05, 3.63) is 60.2 Å². The van der Waals surface area contributed by atoms with Crippen molar-refractivity contribution in [1.82, 2.24) is 0 Å². The van der Waals surface area contributed by atoms with Gasteiger partial charge in [-0.15, -0.1) is 0 Å². The first-order chi connectivity index (χ1) is 7.88. The zero-order valence-electron chi connectivity index (χ0n) is 9.33. The summed E-state index contributed by atoms with van der Waals surface area (Å²) in [4.78, 5) is 0. The largest absolute Gasteiger partial charge is 0.388 e. The minimum absolute atomic E-state index is 0.816. The molecule has 0 saturated carbocycles. The Balaban J connectivity index is 1.99. The van der Waals surface area contributed by atoms with E-state index in [1.54, 1.807) is 0 Å². The van der Waals surface area contributed by atoms with E-state index in [2.05, 4.69) is 41.0 Å². The van der Waals surface area contributed by atoms with Crippen molar-refractivity contribution in [2.24, 2.45) is 0 Å². The van der Waals surface area contributed by atoms with E-state index >= 15 is 0 Å². The van der Waals surface area contributed by atoms with Crippen molar-refractivity contribution in [2.45, 2.75) is 6.54 Å². The summed E-state index contributed by atoms with van der Waals surface area (Å²) >= 11 is 0. The quantitative estimate of drug-likeness (QED) is 0.811. The fourth-order valence-electron chi connectivity index (χ4n) is 1.54. The first-order valence-electron chi connectivity index (χ1n) is 5.36. The molecule has 0 fully saturated rings. The number of rotatable bonds is 4. The smallest absolute Gasteiger partial charge is 0.0423 e. The standard InChI is InChI=1S/C14H15N2/c1-15-14-9-5-6-12(10-14)11-16-13-7-3-2-4-8-13/h2-7,9-10,15-16H,11H2,1H3. The number of anilines is 2. The van der Waals surface area contributed by atoms with E-state index in [1.165, 1.54) is 5.56 Å². The maximum Gasteiger partial charge on any atom is 0.0423 e. The molecule has 81 valence electrons. The Bertz CT molecular complexity index is 437. The normalized spacial score (nSPS) is 9.81. The lowest BCUT2D eigenvalue weighted by molar-refractivity contribution is 1.15. The Kier molecular flexibility index (Phi) is 3.44. The molecule has 0 aliphatic rings. The second kappa shape index (κ2) is 5.21. The maximum absolute atomic E-state index is 3.33. The van der Waals surface area contributed by atoms with Crippen LogP contribution in [0.1, 0.15) is 5.56 Å². The minimum Gasteiger partial charge on any atom is -0.388 e. The average molecular weight is 211 g/mol. The summed E-state index contributed by atoms with van der Waals surface area (Å²) in [6.45, 7) is 0.816. The van der Waals surface area contributed by atoms with Crippen LogP contribution in [0.5, 0.6) is 0 Å². The Labute approximate surface area is 96.3 Å². The van der Waals surface area contributed by atoms with Gasteiger partial charge in [0.15, 0.2) is 0 Å². The fraction of sp³-hybridized carbons (Fsp3) is 0.143. The molecule has 2 nitrogen and oxygen atoms in total. The summed E-state index contributed by atoms with van der Waals surface area (Å²) in [6, 6.07) is 19.4. The van der Waals surface area contributed by atoms with Gasteiger partial charge in [0, 0.05) is 31.0 Å². The van der Waals surface area contributed by atoms with E-state index in [0.717, 1.165) is 17.9 Å². The molecule has 16 heavy (non-hydrogen) atoms. The van der Waals surface area contributed by atoms with Crippen molar-refractivity contribution >= 4 is 11.4 Å². The van der Waals surface area contributed by atoms with E-state index in [0.29, 0.717) is 0 Å². The monoisotopic (exact) mass is 211 g/mol. The molecule has 2 rings (SSSR count). The van der Waals surface area contributed by atoms with Crippen LogP contribution >= 0.6 is 0 Å². The van der Waals surface area contributed by atoms with Gasteiger partial charge in [-0.05, 0) is 23.8 Å². The first-order valence-corrected chi connectivity index (χ1v) is 5.36. The van der Waals surface area contributed by atoms with E-state index in [4.69, 9.17) is 0 Å². The van der Waals surface area contributed by atoms with Gasteiger partial charge in [-0.3, -0.25) is 0 Å². The molecule has 0 heterocycles. The molecule has 0 spiro atoms. The van der Waals surface area contributed by atoms with E-state index in [9.17, 15) is 0 Å². The molecule has 2 aromatic rings. The first kappa shape index (κ1) is 10.6. The number of benzene rings is 2. The molecule has 0 bridgehead atoms. The van der Waals surface area contributed by atoms with Gasteiger partial charge in [0.05, 0.1) is 0 Å². The highest BCUT2D eigenvalue weighted by Crippen LogP contribution is 2.12. The van der Waals surface area contributed by atoms with Crippen molar-refractivity contribution < 1.29 is 0 Å². The van der Waals surface area contributed by atoms with Gasteiger partial charge in [0.1, 0.15) is 0 Å². The predicted molar refractivity (Wildman–Crippen MR) is 68.6 cm³/mol. The van der Waals surface area contributed by atoms with Gasteiger partial charge in [-0.25, -0.2) is 0 Å². The minimum atomic E-state index is 0.816. The van der Waals surface area contributed by atoms with Crippen LogP contribution in [0.3, 0.4) is 0 Å². The van der Waals surface area contributed by atoms with Gasteiger partial charge < -0.3 is 10.6 Å². The summed E-state index contributed by atoms with van der Waals surface area (Å²) < 4.78 is 0. The van der Waals surface area contributed by atoms with Crippen LogP contribution in [-0.2, 0) is 6.54 Å². The molecule has 0 unspecified atom stereocenters. The lowest BCUT2D eigenvalue weighted by Crippen LogP contribution is -1.99. The summed E-state index contributed by atoms with van der Waals surface area (Å²) in [6.07, 6.45) is 0. The second-order valence-electron chi connectivity index (χ2n) is 3.58. The molecule has 0 saturated heterocycles. The highest BCUT2D eigenvalue weighted by Gasteiger charge is 1.94. The Morgan fingerprint density at radius 2 is 2.06 bits per heavy atom. The molecule has 0 amide bonds. The zero-order chi connectivity index (χ0) is 11.2. The average Bonchev–Trinajstić information content (AvgIpc) is 2.38. The van der Waals surface area contributed by atoms with Crippen LogP contribution in [0, 0.1) is 6.07 Å². The van der Waals surface area contributed by atoms with E-state index < -0.39 is 0 Å². The third-order valence-corrected chi connectivity index (χ3v) is 2.41. The second-order valence-corrected chi connectivity index (χ2v) is 3.58. The van der Waals surface area contributed by atoms with Crippen LogP contribution < -0.4 is 10.6 Å². The highest BCUT2D eigenvalue weighted by molar-refractivity contribution is 5.47. The predicted octanol–water partition coefficient (Wildman–Crippen LogP) is 3.14. The molecule has 0 aromatic heterocycles. The molecule has 2 aromatic carbocycles. The number of hydrogen-bond donors (Lipinski definition) is 2. The Morgan fingerprint density at radius 1 is 1.12 bits per heavy atom. The Hall–Kier alpha value is -1.96. The van der Waals surface area contributed by atoms with Crippen LogP contribution in [0.15, 0.2) is 48.5 Å². The van der Waals surface area contributed by atoms with Crippen LogP contribution in [-0.4, -0.2) is 7.05 Å². The molecule has 2 heteroatoms. The molecule has 0 aliphatic carbocycles. The lowest BCUT2D eigenvalue weighted by Gasteiger charge is -2.07. The van der Waals surface area contributed by atoms with Crippen molar-refractivity contribution in [2.75, 3.05) is 17.7 Å². The summed E-state index contributed by atoms with van der Waals surface area (Å²) in [5.41, 5.74) is 3.41. The van der Waals surface area contributed by atoms with Gasteiger partial charge in [-0.1, -0.05) is 30.3 Å². The van der Waals surface area contributed by atoms with Crippen molar-refractivity contribution in [3.63, 3.8) is 0 Å². The fourth-order valence-corrected chi connectivity index (χ4v) is 1.54. The summed E-state index contributed by atoms with van der Waals surface area (Å²) in [5.74, 6) is 0. The Morgan fingerprint density at radius 3 is 2.81 bits per heavy atom. The van der Waals surface area contributed by atoms with Gasteiger partial charge in [0.2, 0.25) is 0 Å². The van der Waals surface area contributed by atoms with E-state index in [-0.39, 0.29) is 0 Å². The lowest BCUT2D eigenvalue weighted by atomic mass is 10.2. The molecule has 0 atom stereocenters. The highest BCUT2D eigenvalue weighted by atomic mass is 14.9. The van der Waals surface area contributed by atoms with Gasteiger partial charge in [0.25, 0.3) is 0 Å². The summed E-state index contributed by atoms with van der Waals surface area (Å²) in [7, 11) is 1.93.